The number of carbonyl (C=O) groups excluding carboxylic acids is 3. The number of para-hydroxylation sites is 1. The van der Waals surface area contributed by atoms with Crippen LogP contribution in [0.5, 0.6) is 5.75 Å². The maximum Gasteiger partial charge on any atom is 0.311 e. The van der Waals surface area contributed by atoms with Crippen LogP contribution in [0.25, 0.3) is 6.08 Å². The monoisotopic (exact) mass is 703 g/mol. The van der Waals surface area contributed by atoms with Crippen molar-refractivity contribution in [2.75, 3.05) is 31.3 Å². The Labute approximate surface area is 299 Å². The Morgan fingerprint density at radius 3 is 2.25 bits per heavy atom. The van der Waals surface area contributed by atoms with Crippen molar-refractivity contribution in [1.82, 2.24) is 0 Å². The fourth-order valence-corrected chi connectivity index (χ4v) is 7.16. The molecule has 3 unspecified atom stereocenters. The number of rotatable bonds is 15. The Balaban J connectivity index is 1.37. The molecule has 2 aromatic rings. The molecule has 0 radical (unpaired) electrons. The molecule has 12 nitrogen and oxygen atoms in total. The molecule has 4 rings (SSSR count). The molecule has 0 aliphatic carbocycles. The van der Waals surface area contributed by atoms with Crippen LogP contribution in [0.3, 0.4) is 0 Å². The third-order valence-electron chi connectivity index (χ3n) is 9.91. The van der Waals surface area contributed by atoms with E-state index in [0.29, 0.717) is 24.2 Å². The third-order valence-corrected chi connectivity index (χ3v) is 9.91. The van der Waals surface area contributed by atoms with E-state index in [2.05, 4.69) is 24.8 Å². The van der Waals surface area contributed by atoms with E-state index in [-0.39, 0.29) is 44.4 Å². The van der Waals surface area contributed by atoms with E-state index in [4.69, 9.17) is 24.2 Å². The van der Waals surface area contributed by atoms with Gasteiger partial charge in [-0.25, -0.2) is 0 Å². The van der Waals surface area contributed by atoms with Crippen LogP contribution < -0.4 is 9.64 Å². The lowest BCUT2D eigenvalue weighted by atomic mass is 9.75. The minimum atomic E-state index is -1.05. The van der Waals surface area contributed by atoms with Gasteiger partial charge in [0, 0.05) is 29.3 Å². The highest BCUT2D eigenvalue weighted by molar-refractivity contribution is 5.80. The summed E-state index contributed by atoms with van der Waals surface area (Å²) < 4.78 is 23.3. The van der Waals surface area contributed by atoms with Gasteiger partial charge in [0.2, 0.25) is 5.72 Å². The molecule has 0 saturated carbocycles. The van der Waals surface area contributed by atoms with E-state index >= 15 is 0 Å². The Morgan fingerprint density at radius 1 is 1.00 bits per heavy atom. The lowest BCUT2D eigenvalue weighted by Crippen LogP contribution is -2.60. The van der Waals surface area contributed by atoms with Gasteiger partial charge in [-0.3, -0.25) is 24.5 Å². The number of hydrogen-bond donors (Lipinski definition) is 0. The summed E-state index contributed by atoms with van der Waals surface area (Å²) in [5.74, 6) is -1.59. The maximum absolute atomic E-state index is 13.5. The highest BCUT2D eigenvalue weighted by Gasteiger charge is 2.58. The summed E-state index contributed by atoms with van der Waals surface area (Å²) in [6, 6.07) is 14.6. The number of non-ortho nitro benzene ring substituents is 1. The van der Waals surface area contributed by atoms with E-state index in [1.165, 1.54) is 12.1 Å². The van der Waals surface area contributed by atoms with Gasteiger partial charge in [0.05, 0.1) is 39.7 Å². The smallest absolute Gasteiger partial charge is 0.311 e. The van der Waals surface area contributed by atoms with Crippen LogP contribution in [0, 0.1) is 44.1 Å². The molecule has 0 bridgehead atoms. The molecule has 0 aromatic heterocycles. The molecular formula is C39H49N3O9. The van der Waals surface area contributed by atoms with Crippen molar-refractivity contribution in [1.29, 1.82) is 5.26 Å². The van der Waals surface area contributed by atoms with Crippen molar-refractivity contribution < 1.29 is 38.3 Å². The third kappa shape index (κ3) is 8.03. The molecule has 0 N–H and O–H groups in total. The van der Waals surface area contributed by atoms with Crippen LogP contribution in [0.2, 0.25) is 0 Å². The zero-order valence-corrected chi connectivity index (χ0v) is 30.8. The molecule has 274 valence electrons. The fourth-order valence-electron chi connectivity index (χ4n) is 7.16. The van der Waals surface area contributed by atoms with Crippen LogP contribution in [0.1, 0.15) is 85.8 Å². The lowest BCUT2D eigenvalue weighted by Gasteiger charge is -2.47. The van der Waals surface area contributed by atoms with E-state index in [1.54, 1.807) is 40.7 Å². The zero-order chi connectivity index (χ0) is 37.8. The first-order chi connectivity index (χ1) is 23.9. The summed E-state index contributed by atoms with van der Waals surface area (Å²) in [6.45, 7) is 14.7. The quantitative estimate of drug-likeness (QED) is 0.0610. The second-order valence-corrected chi connectivity index (χ2v) is 15.2. The minimum Gasteiger partial charge on any atom is -0.463 e. The molecule has 2 heterocycles. The van der Waals surface area contributed by atoms with Gasteiger partial charge >= 0.3 is 17.9 Å². The van der Waals surface area contributed by atoms with Gasteiger partial charge in [0.25, 0.3) is 5.69 Å². The predicted octanol–water partition coefficient (Wildman–Crippen LogP) is 7.14. The zero-order valence-electron chi connectivity index (χ0n) is 30.8. The van der Waals surface area contributed by atoms with Crippen LogP contribution in [0.15, 0.2) is 48.5 Å². The molecule has 2 aliphatic rings. The SMILES string of the molecule is CCC(CC(C)C#N)C(=O)OCCOC(=O)C(C)(C)CC(C)(C)C(=O)OCCN1c2ccccc2C(C)(C)C12C=Cc1cc([N+](=O)[O-])ccc1O2. The number of hydrogen-bond acceptors (Lipinski definition) is 11. The maximum atomic E-state index is 13.5. The highest BCUT2D eigenvalue weighted by atomic mass is 16.6. The van der Waals surface area contributed by atoms with Crippen LogP contribution in [-0.2, 0) is 34.0 Å². The summed E-state index contributed by atoms with van der Waals surface area (Å²) in [6.07, 6.45) is 4.84. The lowest BCUT2D eigenvalue weighted by molar-refractivity contribution is -0.384. The minimum absolute atomic E-state index is 0.0283. The number of benzene rings is 2. The van der Waals surface area contributed by atoms with E-state index < -0.39 is 50.7 Å². The molecule has 1 spiro atoms. The number of anilines is 1. The number of ether oxygens (including phenoxy) is 4. The Bertz CT molecular complexity index is 1720. The van der Waals surface area contributed by atoms with Crippen molar-refractivity contribution >= 4 is 35.4 Å². The number of nitriles is 1. The summed E-state index contributed by atoms with van der Waals surface area (Å²) >= 11 is 0. The Hall–Kier alpha value is -4.92. The molecule has 0 amide bonds. The van der Waals surface area contributed by atoms with Crippen molar-refractivity contribution in [2.24, 2.45) is 22.7 Å². The normalized spacial score (nSPS) is 18.5. The molecule has 12 heteroatoms. The standard InChI is InChI=1S/C39H49N3O9/c1-9-27(22-26(2)24-40)33(43)48-20-21-50-35(45)37(5,6)25-36(3,4)34(44)49-19-18-41-31-13-11-10-12-30(31)38(7,8)39(41)17-16-28-23-29(42(46)47)14-15-32(28)51-39/h10-17,23,26-27H,9,18-22,25H2,1-8H3. The van der Waals surface area contributed by atoms with Gasteiger partial charge in [-0.1, -0.05) is 25.1 Å². The molecular weight excluding hydrogens is 654 g/mol. The predicted molar refractivity (Wildman–Crippen MR) is 191 cm³/mol. The second-order valence-electron chi connectivity index (χ2n) is 15.2. The first kappa shape index (κ1) is 38.9. The van der Waals surface area contributed by atoms with E-state index in [1.807, 2.05) is 43.3 Å². The van der Waals surface area contributed by atoms with Crippen LogP contribution in [0.4, 0.5) is 11.4 Å². The van der Waals surface area contributed by atoms with Crippen molar-refractivity contribution in [2.45, 2.75) is 85.8 Å². The molecule has 51 heavy (non-hydrogen) atoms. The largest absolute Gasteiger partial charge is 0.463 e. The second kappa shape index (κ2) is 15.1. The topological polar surface area (TPSA) is 158 Å². The molecule has 3 atom stereocenters. The summed E-state index contributed by atoms with van der Waals surface area (Å²) in [7, 11) is 0. The first-order valence-corrected chi connectivity index (χ1v) is 17.3. The average Bonchev–Trinajstić information content (AvgIpc) is 3.26. The number of esters is 3. The number of nitrogens with zero attached hydrogens (tertiary/aromatic N) is 3. The van der Waals surface area contributed by atoms with Gasteiger partial charge in [-0.15, -0.1) is 0 Å². The molecule has 2 aromatic carbocycles. The molecule has 0 fully saturated rings. The Morgan fingerprint density at radius 2 is 1.63 bits per heavy atom. The summed E-state index contributed by atoms with van der Waals surface area (Å²) in [5.41, 5.74) is -1.12. The number of carbonyl (C=O) groups is 3. The Kier molecular flexibility index (Phi) is 11.5. The molecule has 0 saturated heterocycles. The fraction of sp³-hybridized carbons (Fsp3) is 0.538. The van der Waals surface area contributed by atoms with E-state index in [9.17, 15) is 24.5 Å². The van der Waals surface area contributed by atoms with Crippen LogP contribution in [-0.4, -0.2) is 54.9 Å². The summed E-state index contributed by atoms with van der Waals surface area (Å²) in [5, 5.41) is 20.4. The number of fused-ring (bicyclic) bond motifs is 2. The summed E-state index contributed by atoms with van der Waals surface area (Å²) in [4.78, 5) is 51.9. The number of nitro benzene ring substituents is 1. The van der Waals surface area contributed by atoms with Crippen molar-refractivity contribution in [3.8, 4) is 11.8 Å². The van der Waals surface area contributed by atoms with E-state index in [0.717, 1.165) is 11.3 Å². The van der Waals surface area contributed by atoms with Crippen molar-refractivity contribution in [3.05, 3.63) is 69.8 Å². The van der Waals surface area contributed by atoms with Gasteiger partial charge in [-0.2, -0.15) is 5.26 Å². The van der Waals surface area contributed by atoms with Gasteiger partial charge in [-0.05, 0) is 97.6 Å². The van der Waals surface area contributed by atoms with Gasteiger partial charge in [0.1, 0.15) is 25.6 Å². The molecule has 2 aliphatic heterocycles. The average molecular weight is 704 g/mol. The van der Waals surface area contributed by atoms with Crippen LogP contribution >= 0.6 is 0 Å². The van der Waals surface area contributed by atoms with Gasteiger partial charge in [0.15, 0.2) is 0 Å². The van der Waals surface area contributed by atoms with Gasteiger partial charge < -0.3 is 23.8 Å². The first-order valence-electron chi connectivity index (χ1n) is 17.3. The van der Waals surface area contributed by atoms with Crippen molar-refractivity contribution in [3.63, 3.8) is 0 Å². The highest BCUT2D eigenvalue weighted by Crippen LogP contribution is 2.55. The number of nitro groups is 1.